The minimum absolute atomic E-state index is 0.0103. The van der Waals surface area contributed by atoms with Crippen LogP contribution in [-0.2, 0) is 11.2 Å². The van der Waals surface area contributed by atoms with E-state index in [1.54, 1.807) is 12.1 Å². The first-order valence-electron chi connectivity index (χ1n) is 7.33. The van der Waals surface area contributed by atoms with Gasteiger partial charge in [-0.1, -0.05) is 23.5 Å². The molecule has 0 atom stereocenters. The van der Waals surface area contributed by atoms with E-state index in [1.807, 2.05) is 19.9 Å². The van der Waals surface area contributed by atoms with E-state index in [9.17, 15) is 14.9 Å². The van der Waals surface area contributed by atoms with Crippen LogP contribution in [0, 0.1) is 24.0 Å². The summed E-state index contributed by atoms with van der Waals surface area (Å²) in [6.45, 7) is 4.07. The van der Waals surface area contributed by atoms with Crippen LogP contribution in [0.2, 0.25) is 0 Å². The second-order valence-electron chi connectivity index (χ2n) is 5.57. The number of hydrogen-bond donors (Lipinski definition) is 1. The van der Waals surface area contributed by atoms with E-state index in [4.69, 9.17) is 0 Å². The molecule has 0 saturated carbocycles. The maximum Gasteiger partial charge on any atom is 0.269 e. The lowest BCUT2D eigenvalue weighted by Crippen LogP contribution is -2.14. The third kappa shape index (κ3) is 3.41. The van der Waals surface area contributed by atoms with E-state index in [2.05, 4.69) is 16.4 Å². The van der Waals surface area contributed by atoms with Crippen LogP contribution in [0.25, 0.3) is 10.2 Å². The van der Waals surface area contributed by atoms with E-state index in [1.165, 1.54) is 29.0 Å². The smallest absolute Gasteiger partial charge is 0.269 e. The predicted molar refractivity (Wildman–Crippen MR) is 94.5 cm³/mol. The summed E-state index contributed by atoms with van der Waals surface area (Å²) >= 11 is 1.43. The van der Waals surface area contributed by atoms with E-state index in [0.717, 1.165) is 15.8 Å². The first-order chi connectivity index (χ1) is 11.4. The Morgan fingerprint density at radius 2 is 1.88 bits per heavy atom. The van der Waals surface area contributed by atoms with E-state index < -0.39 is 4.92 Å². The molecule has 24 heavy (non-hydrogen) atoms. The Morgan fingerprint density at radius 1 is 1.21 bits per heavy atom. The van der Waals surface area contributed by atoms with Crippen molar-refractivity contribution in [2.24, 2.45) is 0 Å². The number of aromatic nitrogens is 1. The third-order valence-electron chi connectivity index (χ3n) is 3.76. The third-order valence-corrected chi connectivity index (χ3v) is 4.70. The van der Waals surface area contributed by atoms with Gasteiger partial charge in [-0.2, -0.15) is 0 Å². The van der Waals surface area contributed by atoms with Gasteiger partial charge in [-0.3, -0.25) is 14.9 Å². The molecule has 1 amide bonds. The van der Waals surface area contributed by atoms with Crippen molar-refractivity contribution in [1.29, 1.82) is 0 Å². The van der Waals surface area contributed by atoms with Gasteiger partial charge in [0.2, 0.25) is 5.91 Å². The van der Waals surface area contributed by atoms with Crippen molar-refractivity contribution in [3.63, 3.8) is 0 Å². The fraction of sp³-hybridized carbons (Fsp3) is 0.176. The number of nitro groups is 1. The summed E-state index contributed by atoms with van der Waals surface area (Å²) in [4.78, 5) is 26.7. The largest absolute Gasteiger partial charge is 0.302 e. The normalized spacial score (nSPS) is 10.8. The number of nitrogens with zero attached hydrogens (tertiary/aromatic N) is 2. The standard InChI is InChI=1S/C17H15N3O3S/c1-10-7-14-15(8-11(10)2)24-17(18-14)19-16(21)9-12-3-5-13(6-4-12)20(22)23/h3-8H,9H2,1-2H3,(H,18,19,21). The van der Waals surface area contributed by atoms with Crippen molar-refractivity contribution >= 4 is 38.3 Å². The molecule has 3 rings (SSSR count). The van der Waals surface area contributed by atoms with Crippen molar-refractivity contribution in [2.75, 3.05) is 5.32 Å². The van der Waals surface area contributed by atoms with Crippen LogP contribution in [0.15, 0.2) is 36.4 Å². The Kier molecular flexibility index (Phi) is 4.26. The number of carbonyl (C=O) groups excluding carboxylic acids is 1. The number of amides is 1. The van der Waals surface area contributed by atoms with Gasteiger partial charge in [0.05, 0.1) is 21.6 Å². The predicted octanol–water partition coefficient (Wildman–Crippen LogP) is 4.00. The van der Waals surface area contributed by atoms with Crippen LogP contribution in [0.1, 0.15) is 16.7 Å². The maximum absolute atomic E-state index is 12.1. The van der Waals surface area contributed by atoms with Gasteiger partial charge in [0.15, 0.2) is 5.13 Å². The molecule has 0 fully saturated rings. The molecule has 0 aliphatic carbocycles. The number of thiazole rings is 1. The second kappa shape index (κ2) is 6.37. The molecule has 122 valence electrons. The Hall–Kier alpha value is -2.80. The monoisotopic (exact) mass is 341 g/mol. The molecule has 0 spiro atoms. The second-order valence-corrected chi connectivity index (χ2v) is 6.60. The van der Waals surface area contributed by atoms with E-state index >= 15 is 0 Å². The average Bonchev–Trinajstić information content (AvgIpc) is 2.89. The van der Waals surface area contributed by atoms with Gasteiger partial charge in [-0.15, -0.1) is 0 Å². The summed E-state index contributed by atoms with van der Waals surface area (Å²) in [5.41, 5.74) is 3.95. The fourth-order valence-electron chi connectivity index (χ4n) is 2.32. The van der Waals surface area contributed by atoms with Crippen molar-refractivity contribution in [3.8, 4) is 0 Å². The van der Waals surface area contributed by atoms with Crippen LogP contribution in [-0.4, -0.2) is 15.8 Å². The molecule has 1 heterocycles. The molecule has 0 radical (unpaired) electrons. The average molecular weight is 341 g/mol. The zero-order valence-corrected chi connectivity index (χ0v) is 14.0. The molecule has 1 N–H and O–H groups in total. The SMILES string of the molecule is Cc1cc2nc(NC(=O)Cc3ccc([N+](=O)[O-])cc3)sc2cc1C. The van der Waals surface area contributed by atoms with E-state index in [0.29, 0.717) is 10.7 Å². The number of fused-ring (bicyclic) bond motifs is 1. The highest BCUT2D eigenvalue weighted by Gasteiger charge is 2.11. The van der Waals surface area contributed by atoms with Crippen LogP contribution < -0.4 is 5.32 Å². The van der Waals surface area contributed by atoms with Crippen LogP contribution in [0.3, 0.4) is 0 Å². The maximum atomic E-state index is 12.1. The molecule has 0 aliphatic heterocycles. The van der Waals surface area contributed by atoms with Crippen LogP contribution in [0.4, 0.5) is 10.8 Å². The number of rotatable bonds is 4. The molecule has 3 aromatic rings. The highest BCUT2D eigenvalue weighted by Crippen LogP contribution is 2.28. The summed E-state index contributed by atoms with van der Waals surface area (Å²) in [5, 5.41) is 14.0. The summed E-state index contributed by atoms with van der Waals surface area (Å²) in [6, 6.07) is 10.0. The number of anilines is 1. The first-order valence-corrected chi connectivity index (χ1v) is 8.15. The Labute approximate surface area is 142 Å². The van der Waals surface area contributed by atoms with Gasteiger partial charge >= 0.3 is 0 Å². The number of non-ortho nitro benzene ring substituents is 1. The highest BCUT2D eigenvalue weighted by atomic mass is 32.1. The topological polar surface area (TPSA) is 85.1 Å². The molecule has 7 heteroatoms. The molecule has 1 aromatic heterocycles. The van der Waals surface area contributed by atoms with Gasteiger partial charge in [0.1, 0.15) is 0 Å². The summed E-state index contributed by atoms with van der Waals surface area (Å²) in [5.74, 6) is -0.198. The lowest BCUT2D eigenvalue weighted by atomic mass is 10.1. The highest BCUT2D eigenvalue weighted by molar-refractivity contribution is 7.22. The molecule has 0 unspecified atom stereocenters. The summed E-state index contributed by atoms with van der Waals surface area (Å²) in [7, 11) is 0. The summed E-state index contributed by atoms with van der Waals surface area (Å²) in [6.07, 6.45) is 0.145. The van der Waals surface area contributed by atoms with E-state index in [-0.39, 0.29) is 18.0 Å². The minimum Gasteiger partial charge on any atom is -0.302 e. The number of carbonyl (C=O) groups is 1. The van der Waals surface area contributed by atoms with Gasteiger partial charge in [-0.25, -0.2) is 4.98 Å². The Bertz CT molecular complexity index is 893. The molecular weight excluding hydrogens is 326 g/mol. The molecule has 0 aliphatic rings. The lowest BCUT2D eigenvalue weighted by molar-refractivity contribution is -0.384. The lowest BCUT2D eigenvalue weighted by Gasteiger charge is -2.01. The molecule has 2 aromatic carbocycles. The molecular formula is C17H15N3O3S. The molecule has 0 bridgehead atoms. The van der Waals surface area contributed by atoms with Crippen LogP contribution >= 0.6 is 11.3 Å². The van der Waals surface area contributed by atoms with Crippen LogP contribution in [0.5, 0.6) is 0 Å². The summed E-state index contributed by atoms with van der Waals surface area (Å²) < 4.78 is 1.03. The number of benzene rings is 2. The Morgan fingerprint density at radius 3 is 2.54 bits per heavy atom. The van der Waals surface area contributed by atoms with Gasteiger partial charge in [0, 0.05) is 12.1 Å². The van der Waals surface area contributed by atoms with Gasteiger partial charge in [0.25, 0.3) is 5.69 Å². The zero-order chi connectivity index (χ0) is 17.3. The zero-order valence-electron chi connectivity index (χ0n) is 13.2. The minimum atomic E-state index is -0.463. The number of aryl methyl sites for hydroxylation is 2. The number of hydrogen-bond acceptors (Lipinski definition) is 5. The number of nitrogens with one attached hydrogen (secondary N) is 1. The van der Waals surface area contributed by atoms with Gasteiger partial charge < -0.3 is 5.32 Å². The van der Waals surface area contributed by atoms with Gasteiger partial charge in [-0.05, 0) is 42.7 Å². The number of nitro benzene ring substituents is 1. The van der Waals surface area contributed by atoms with Crippen molar-refractivity contribution < 1.29 is 9.72 Å². The fourth-order valence-corrected chi connectivity index (χ4v) is 3.28. The Balaban J connectivity index is 1.71. The molecule has 6 nitrogen and oxygen atoms in total. The quantitative estimate of drug-likeness (QED) is 0.574. The molecule has 0 saturated heterocycles. The van der Waals surface area contributed by atoms with Crippen molar-refractivity contribution in [1.82, 2.24) is 4.98 Å². The van der Waals surface area contributed by atoms with Crippen molar-refractivity contribution in [2.45, 2.75) is 20.3 Å². The van der Waals surface area contributed by atoms with Crippen molar-refractivity contribution in [3.05, 3.63) is 63.2 Å². The first kappa shape index (κ1) is 16.1.